The molecule has 0 bridgehead atoms. The quantitative estimate of drug-likeness (QED) is 0.474. The second-order valence-electron chi connectivity index (χ2n) is 7.98. The van der Waals surface area contributed by atoms with Crippen LogP contribution in [0, 0.1) is 0 Å². The van der Waals surface area contributed by atoms with Crippen LogP contribution < -0.4 is 15.6 Å². The van der Waals surface area contributed by atoms with Crippen LogP contribution in [0.4, 0.5) is 0 Å². The number of ether oxygens (including phenoxy) is 1. The Morgan fingerprint density at radius 3 is 2.47 bits per heavy atom. The third-order valence-electron chi connectivity index (χ3n) is 4.30. The third-order valence-corrected chi connectivity index (χ3v) is 5.35. The van der Waals surface area contributed by atoms with Gasteiger partial charge in [-0.3, -0.25) is 14.2 Å². The van der Waals surface area contributed by atoms with Crippen LogP contribution in [0.25, 0.3) is 16.6 Å². The van der Waals surface area contributed by atoms with E-state index in [1.807, 2.05) is 77.1 Å². The average molecular weight is 426 g/mol. The Labute approximate surface area is 180 Å². The molecule has 0 unspecified atom stereocenters. The Morgan fingerprint density at radius 2 is 1.83 bits per heavy atom. The molecule has 0 aliphatic heterocycles. The molecule has 0 saturated carbocycles. The summed E-state index contributed by atoms with van der Waals surface area (Å²) < 4.78 is 7.07. The van der Waals surface area contributed by atoms with E-state index < -0.39 is 5.25 Å². The molecule has 3 aromatic rings. The number of nitrogens with zero attached hydrogens (tertiary/aromatic N) is 2. The van der Waals surface area contributed by atoms with E-state index in [1.165, 1.54) is 11.8 Å². The number of para-hydroxylation sites is 1. The van der Waals surface area contributed by atoms with E-state index in [4.69, 9.17) is 9.72 Å². The number of carbonyl (C=O) groups excluding carboxylic acids is 1. The van der Waals surface area contributed by atoms with Crippen molar-refractivity contribution in [3.8, 4) is 11.4 Å². The number of amides is 1. The monoisotopic (exact) mass is 425 g/mol. The second-order valence-corrected chi connectivity index (χ2v) is 9.29. The molecule has 0 fully saturated rings. The summed E-state index contributed by atoms with van der Waals surface area (Å²) in [5, 5.41) is 3.56. The van der Waals surface area contributed by atoms with Crippen molar-refractivity contribution in [2.75, 3.05) is 6.61 Å². The maximum Gasteiger partial charge on any atom is 0.266 e. The lowest BCUT2D eigenvalue weighted by Crippen LogP contribution is -2.44. The number of hydrogen-bond donors (Lipinski definition) is 1. The van der Waals surface area contributed by atoms with Crippen LogP contribution in [-0.2, 0) is 4.79 Å². The number of nitrogens with one attached hydrogen (secondary N) is 1. The molecule has 1 heterocycles. The molecule has 0 spiro atoms. The first-order chi connectivity index (χ1) is 14.2. The van der Waals surface area contributed by atoms with E-state index >= 15 is 0 Å². The Kier molecular flexibility index (Phi) is 6.51. The zero-order valence-electron chi connectivity index (χ0n) is 17.9. The normalized spacial score (nSPS) is 12.6. The van der Waals surface area contributed by atoms with E-state index in [2.05, 4.69) is 5.32 Å². The van der Waals surface area contributed by atoms with Gasteiger partial charge in [0.05, 0.1) is 28.4 Å². The van der Waals surface area contributed by atoms with Crippen LogP contribution in [0.1, 0.15) is 34.6 Å². The smallest absolute Gasteiger partial charge is 0.266 e. The van der Waals surface area contributed by atoms with Crippen LogP contribution in [-0.4, -0.2) is 32.9 Å². The van der Waals surface area contributed by atoms with Crippen molar-refractivity contribution in [3.63, 3.8) is 0 Å². The van der Waals surface area contributed by atoms with E-state index in [0.717, 1.165) is 5.75 Å². The van der Waals surface area contributed by atoms with E-state index in [0.29, 0.717) is 28.4 Å². The first-order valence-corrected chi connectivity index (χ1v) is 10.8. The zero-order valence-corrected chi connectivity index (χ0v) is 18.7. The van der Waals surface area contributed by atoms with Gasteiger partial charge in [0.25, 0.3) is 5.56 Å². The standard InChI is InChI=1S/C23H27N3O3S/c1-6-29-17-13-11-16(12-14-17)26-21(28)18-9-7-8-10-19(18)24-22(26)30-15(2)20(27)25-23(3,4)5/h7-15H,6H2,1-5H3,(H,25,27)/t15-/m0/s1. The van der Waals surface area contributed by atoms with Crippen LogP contribution >= 0.6 is 11.8 Å². The van der Waals surface area contributed by atoms with E-state index in [9.17, 15) is 9.59 Å². The number of rotatable bonds is 6. The van der Waals surface area contributed by atoms with Crippen molar-refractivity contribution >= 4 is 28.6 Å². The minimum absolute atomic E-state index is 0.104. The van der Waals surface area contributed by atoms with Crippen LogP contribution in [0.2, 0.25) is 0 Å². The lowest BCUT2D eigenvalue weighted by atomic mass is 10.1. The molecule has 1 amide bonds. The highest BCUT2D eigenvalue weighted by Crippen LogP contribution is 2.26. The summed E-state index contributed by atoms with van der Waals surface area (Å²) in [7, 11) is 0. The van der Waals surface area contributed by atoms with Gasteiger partial charge in [-0.05, 0) is 71.0 Å². The second kappa shape index (κ2) is 8.92. The highest BCUT2D eigenvalue weighted by atomic mass is 32.2. The van der Waals surface area contributed by atoms with Gasteiger partial charge in [0, 0.05) is 5.54 Å². The molecule has 6 nitrogen and oxygen atoms in total. The number of carbonyl (C=O) groups is 1. The molecule has 7 heteroatoms. The summed E-state index contributed by atoms with van der Waals surface area (Å²) in [5.74, 6) is 0.628. The Hall–Kier alpha value is -2.80. The van der Waals surface area contributed by atoms with Crippen LogP contribution in [0.5, 0.6) is 5.75 Å². The first-order valence-electron chi connectivity index (χ1n) is 9.93. The molecule has 0 saturated heterocycles. The maximum atomic E-state index is 13.3. The summed E-state index contributed by atoms with van der Waals surface area (Å²) in [5.41, 5.74) is 0.774. The summed E-state index contributed by atoms with van der Waals surface area (Å²) in [6.07, 6.45) is 0. The molecule has 3 rings (SSSR count). The number of benzene rings is 2. The van der Waals surface area contributed by atoms with Crippen molar-refractivity contribution in [2.45, 2.75) is 50.6 Å². The number of fused-ring (bicyclic) bond motifs is 1. The van der Waals surface area contributed by atoms with Gasteiger partial charge in [-0.25, -0.2) is 4.98 Å². The largest absolute Gasteiger partial charge is 0.494 e. The molecule has 0 aliphatic carbocycles. The molecule has 2 aromatic carbocycles. The molecule has 30 heavy (non-hydrogen) atoms. The van der Waals surface area contributed by atoms with Crippen molar-refractivity contribution in [1.82, 2.24) is 14.9 Å². The minimum Gasteiger partial charge on any atom is -0.494 e. The van der Waals surface area contributed by atoms with Crippen LogP contribution in [0.15, 0.2) is 58.5 Å². The van der Waals surface area contributed by atoms with Crippen molar-refractivity contribution < 1.29 is 9.53 Å². The van der Waals surface area contributed by atoms with Crippen molar-refractivity contribution in [2.24, 2.45) is 0 Å². The first kappa shape index (κ1) is 21.9. The number of thioether (sulfide) groups is 1. The lowest BCUT2D eigenvalue weighted by molar-refractivity contribution is -0.121. The van der Waals surface area contributed by atoms with Gasteiger partial charge >= 0.3 is 0 Å². The van der Waals surface area contributed by atoms with Gasteiger partial charge < -0.3 is 10.1 Å². The fourth-order valence-electron chi connectivity index (χ4n) is 2.96. The zero-order chi connectivity index (χ0) is 21.9. The number of aromatic nitrogens is 2. The van der Waals surface area contributed by atoms with Gasteiger partial charge in [0.1, 0.15) is 5.75 Å². The predicted molar refractivity (Wildman–Crippen MR) is 122 cm³/mol. The highest BCUT2D eigenvalue weighted by molar-refractivity contribution is 8.00. The van der Waals surface area contributed by atoms with E-state index in [1.54, 1.807) is 10.6 Å². The maximum absolute atomic E-state index is 13.3. The third kappa shape index (κ3) is 5.02. The van der Waals surface area contributed by atoms with Crippen molar-refractivity contribution in [3.05, 3.63) is 58.9 Å². The Balaban J connectivity index is 2.07. The van der Waals surface area contributed by atoms with Gasteiger partial charge in [-0.15, -0.1) is 0 Å². The van der Waals surface area contributed by atoms with Gasteiger partial charge in [0.15, 0.2) is 5.16 Å². The van der Waals surface area contributed by atoms with Gasteiger partial charge in [-0.2, -0.15) is 0 Å². The summed E-state index contributed by atoms with van der Waals surface area (Å²) in [6.45, 7) is 10.1. The fraction of sp³-hybridized carbons (Fsp3) is 0.348. The molecule has 1 atom stereocenters. The van der Waals surface area contributed by atoms with Gasteiger partial charge in [-0.1, -0.05) is 23.9 Å². The molecule has 0 radical (unpaired) electrons. The number of hydrogen-bond acceptors (Lipinski definition) is 5. The molecule has 158 valence electrons. The van der Waals surface area contributed by atoms with Crippen molar-refractivity contribution in [1.29, 1.82) is 0 Å². The summed E-state index contributed by atoms with van der Waals surface area (Å²) in [4.78, 5) is 30.6. The highest BCUT2D eigenvalue weighted by Gasteiger charge is 2.23. The van der Waals surface area contributed by atoms with E-state index in [-0.39, 0.29) is 17.0 Å². The molecule has 1 N–H and O–H groups in total. The predicted octanol–water partition coefficient (Wildman–Crippen LogP) is 4.18. The topological polar surface area (TPSA) is 73.2 Å². The minimum atomic E-state index is -0.425. The molecular weight excluding hydrogens is 398 g/mol. The molecule has 0 aliphatic rings. The van der Waals surface area contributed by atoms with Crippen LogP contribution in [0.3, 0.4) is 0 Å². The fourth-order valence-corrected chi connectivity index (χ4v) is 3.89. The average Bonchev–Trinajstić information content (AvgIpc) is 2.68. The summed E-state index contributed by atoms with van der Waals surface area (Å²) in [6, 6.07) is 14.5. The molecule has 1 aromatic heterocycles. The lowest BCUT2D eigenvalue weighted by Gasteiger charge is -2.23. The SMILES string of the molecule is CCOc1ccc(-n2c(S[C@@H](C)C(=O)NC(C)(C)C)nc3ccccc3c2=O)cc1. The van der Waals surface area contributed by atoms with Gasteiger partial charge in [0.2, 0.25) is 5.91 Å². The Bertz CT molecular complexity index is 1100. The molecular formula is C23H27N3O3S. The Morgan fingerprint density at radius 1 is 1.17 bits per heavy atom. The summed E-state index contributed by atoms with van der Waals surface area (Å²) >= 11 is 1.27.